The number of hydrogen-bond acceptors (Lipinski definition) is 2. The Bertz CT molecular complexity index is 571. The molecule has 1 heterocycles. The molecule has 1 aliphatic rings. The molecule has 0 saturated heterocycles. The lowest BCUT2D eigenvalue weighted by molar-refractivity contribution is 0.414. The maximum Gasteiger partial charge on any atom is 0.118 e. The van der Waals surface area contributed by atoms with E-state index in [1.54, 1.807) is 7.11 Å². The molecule has 2 aromatic rings. The summed E-state index contributed by atoms with van der Waals surface area (Å²) in [4.78, 5) is 0. The van der Waals surface area contributed by atoms with Crippen LogP contribution in [0.3, 0.4) is 0 Å². The standard InChI is InChI=1S/C17H22N2O/c1-20-15-7-5-13(6-8-15)9-10-19-11-14-3-2-4-17(18)16(14)12-19/h5-8,11-12,17H,2-4,9-10,18H2,1H3. The maximum absolute atomic E-state index is 6.17. The van der Waals surface area contributed by atoms with Gasteiger partial charge in [-0.15, -0.1) is 0 Å². The van der Waals surface area contributed by atoms with Gasteiger partial charge in [-0.2, -0.15) is 0 Å². The number of nitrogens with zero attached hydrogens (tertiary/aromatic N) is 1. The van der Waals surface area contributed by atoms with Crippen LogP contribution in [0.1, 0.15) is 35.6 Å². The molecular formula is C17H22N2O. The van der Waals surface area contributed by atoms with Gasteiger partial charge >= 0.3 is 0 Å². The van der Waals surface area contributed by atoms with E-state index >= 15 is 0 Å². The van der Waals surface area contributed by atoms with Crippen LogP contribution in [0.15, 0.2) is 36.7 Å². The zero-order chi connectivity index (χ0) is 13.9. The highest BCUT2D eigenvalue weighted by Gasteiger charge is 2.18. The summed E-state index contributed by atoms with van der Waals surface area (Å²) >= 11 is 0. The number of aryl methyl sites for hydroxylation is 3. The molecule has 0 bridgehead atoms. The van der Waals surface area contributed by atoms with E-state index in [0.29, 0.717) is 0 Å². The van der Waals surface area contributed by atoms with Crippen molar-refractivity contribution in [2.24, 2.45) is 5.73 Å². The summed E-state index contributed by atoms with van der Waals surface area (Å²) in [5.41, 5.74) is 10.3. The Kier molecular flexibility index (Phi) is 3.79. The summed E-state index contributed by atoms with van der Waals surface area (Å²) < 4.78 is 7.47. The molecule has 0 aliphatic heterocycles. The molecule has 0 radical (unpaired) electrons. The SMILES string of the molecule is COc1ccc(CCn2cc3c(c2)C(N)CCC3)cc1. The highest BCUT2D eigenvalue weighted by Crippen LogP contribution is 2.28. The number of fused-ring (bicyclic) bond motifs is 1. The number of methoxy groups -OCH3 is 1. The van der Waals surface area contributed by atoms with E-state index in [1.165, 1.54) is 29.5 Å². The van der Waals surface area contributed by atoms with Crippen molar-refractivity contribution in [1.82, 2.24) is 4.57 Å². The van der Waals surface area contributed by atoms with E-state index in [0.717, 1.165) is 25.1 Å². The van der Waals surface area contributed by atoms with Gasteiger partial charge in [-0.3, -0.25) is 0 Å². The molecule has 1 atom stereocenters. The van der Waals surface area contributed by atoms with E-state index in [1.807, 2.05) is 12.1 Å². The molecule has 0 saturated carbocycles. The van der Waals surface area contributed by atoms with Gasteiger partial charge < -0.3 is 15.0 Å². The zero-order valence-electron chi connectivity index (χ0n) is 12.0. The van der Waals surface area contributed by atoms with Gasteiger partial charge in [0.15, 0.2) is 0 Å². The van der Waals surface area contributed by atoms with Gasteiger partial charge in [0.05, 0.1) is 7.11 Å². The molecule has 0 amide bonds. The van der Waals surface area contributed by atoms with E-state index < -0.39 is 0 Å². The van der Waals surface area contributed by atoms with Crippen molar-refractivity contribution < 1.29 is 4.74 Å². The third kappa shape index (κ3) is 2.73. The minimum absolute atomic E-state index is 0.237. The lowest BCUT2D eigenvalue weighted by Crippen LogP contribution is -2.15. The molecule has 3 rings (SSSR count). The Labute approximate surface area is 120 Å². The van der Waals surface area contributed by atoms with Crippen molar-refractivity contribution >= 4 is 0 Å². The van der Waals surface area contributed by atoms with E-state index in [-0.39, 0.29) is 6.04 Å². The molecule has 1 aromatic heterocycles. The van der Waals surface area contributed by atoms with Crippen LogP contribution in [0.5, 0.6) is 5.75 Å². The minimum atomic E-state index is 0.237. The Balaban J connectivity index is 1.66. The van der Waals surface area contributed by atoms with Gasteiger partial charge in [0.25, 0.3) is 0 Å². The van der Waals surface area contributed by atoms with Gasteiger partial charge in [-0.25, -0.2) is 0 Å². The Morgan fingerprint density at radius 1 is 1.25 bits per heavy atom. The van der Waals surface area contributed by atoms with Gasteiger partial charge in [0.2, 0.25) is 0 Å². The number of aromatic nitrogens is 1. The summed E-state index contributed by atoms with van der Waals surface area (Å²) in [6.07, 6.45) is 9.07. The van der Waals surface area contributed by atoms with Crippen LogP contribution < -0.4 is 10.5 Å². The highest BCUT2D eigenvalue weighted by atomic mass is 16.5. The lowest BCUT2D eigenvalue weighted by atomic mass is 9.92. The number of rotatable bonds is 4. The van der Waals surface area contributed by atoms with Crippen molar-refractivity contribution in [1.29, 1.82) is 0 Å². The average Bonchev–Trinajstić information content (AvgIpc) is 2.90. The number of hydrogen-bond donors (Lipinski definition) is 1. The van der Waals surface area contributed by atoms with Gasteiger partial charge in [-0.1, -0.05) is 12.1 Å². The molecule has 0 fully saturated rings. The topological polar surface area (TPSA) is 40.2 Å². The number of nitrogens with two attached hydrogens (primary N) is 1. The quantitative estimate of drug-likeness (QED) is 0.927. The van der Waals surface area contributed by atoms with Gasteiger partial charge in [0, 0.05) is 25.0 Å². The summed E-state index contributed by atoms with van der Waals surface area (Å²) in [6, 6.07) is 8.54. The van der Waals surface area contributed by atoms with Crippen molar-refractivity contribution in [3.8, 4) is 5.75 Å². The van der Waals surface area contributed by atoms with E-state index in [9.17, 15) is 0 Å². The Morgan fingerprint density at radius 3 is 2.75 bits per heavy atom. The summed E-state index contributed by atoms with van der Waals surface area (Å²) in [7, 11) is 1.70. The molecular weight excluding hydrogens is 248 g/mol. The van der Waals surface area contributed by atoms with Crippen LogP contribution in [0.2, 0.25) is 0 Å². The van der Waals surface area contributed by atoms with E-state index in [2.05, 4.69) is 29.1 Å². The first-order valence-electron chi connectivity index (χ1n) is 7.33. The van der Waals surface area contributed by atoms with Crippen LogP contribution in [0.25, 0.3) is 0 Å². The van der Waals surface area contributed by atoms with Gasteiger partial charge in [-0.05, 0) is 54.5 Å². The molecule has 0 spiro atoms. The number of ether oxygens (including phenoxy) is 1. The third-order valence-electron chi connectivity index (χ3n) is 4.18. The number of benzene rings is 1. The van der Waals surface area contributed by atoms with Crippen molar-refractivity contribution in [2.75, 3.05) is 7.11 Å². The molecule has 106 valence electrons. The second-order valence-corrected chi connectivity index (χ2v) is 5.57. The fourth-order valence-corrected chi connectivity index (χ4v) is 2.96. The van der Waals surface area contributed by atoms with Crippen LogP contribution in [0.4, 0.5) is 0 Å². The Hall–Kier alpha value is -1.74. The molecule has 3 nitrogen and oxygen atoms in total. The predicted molar refractivity (Wildman–Crippen MR) is 81.0 cm³/mol. The van der Waals surface area contributed by atoms with Gasteiger partial charge in [0.1, 0.15) is 5.75 Å². The van der Waals surface area contributed by atoms with Crippen LogP contribution >= 0.6 is 0 Å². The van der Waals surface area contributed by atoms with Crippen molar-refractivity contribution in [3.63, 3.8) is 0 Å². The summed E-state index contributed by atoms with van der Waals surface area (Å²) in [5.74, 6) is 0.913. The second kappa shape index (κ2) is 5.71. The second-order valence-electron chi connectivity index (χ2n) is 5.57. The predicted octanol–water partition coefficient (Wildman–Crippen LogP) is 3.08. The minimum Gasteiger partial charge on any atom is -0.497 e. The van der Waals surface area contributed by atoms with Crippen LogP contribution in [-0.2, 0) is 19.4 Å². The molecule has 1 aliphatic carbocycles. The average molecular weight is 270 g/mol. The largest absolute Gasteiger partial charge is 0.497 e. The normalized spacial score (nSPS) is 17.8. The molecule has 2 N–H and O–H groups in total. The van der Waals surface area contributed by atoms with E-state index in [4.69, 9.17) is 10.5 Å². The third-order valence-corrected chi connectivity index (χ3v) is 4.18. The first-order valence-corrected chi connectivity index (χ1v) is 7.33. The first-order chi connectivity index (χ1) is 9.76. The molecule has 3 heteroatoms. The fraction of sp³-hybridized carbons (Fsp3) is 0.412. The monoisotopic (exact) mass is 270 g/mol. The summed E-state index contributed by atoms with van der Waals surface area (Å²) in [6.45, 7) is 1.01. The Morgan fingerprint density at radius 2 is 2.05 bits per heavy atom. The van der Waals surface area contributed by atoms with Crippen LogP contribution in [0, 0.1) is 0 Å². The summed E-state index contributed by atoms with van der Waals surface area (Å²) in [5, 5.41) is 0. The maximum atomic E-state index is 6.17. The van der Waals surface area contributed by atoms with Crippen molar-refractivity contribution in [3.05, 3.63) is 53.3 Å². The van der Waals surface area contributed by atoms with Crippen LogP contribution in [-0.4, -0.2) is 11.7 Å². The molecule has 1 unspecified atom stereocenters. The molecule has 20 heavy (non-hydrogen) atoms. The first kappa shape index (κ1) is 13.3. The fourth-order valence-electron chi connectivity index (χ4n) is 2.96. The smallest absolute Gasteiger partial charge is 0.118 e. The highest BCUT2D eigenvalue weighted by molar-refractivity contribution is 5.30. The molecule has 1 aromatic carbocycles. The van der Waals surface area contributed by atoms with Crippen molar-refractivity contribution in [2.45, 2.75) is 38.3 Å². The zero-order valence-corrected chi connectivity index (χ0v) is 12.0. The lowest BCUT2D eigenvalue weighted by Gasteiger charge is -2.17.